The SMILES string of the molecule is CS(=O)(=O)c1ccc(C(=O)NC2CCC(F)(F)CC2)cc1Br. The van der Waals surface area contributed by atoms with Gasteiger partial charge in [-0.3, -0.25) is 4.79 Å². The molecule has 1 fully saturated rings. The molecule has 2 rings (SSSR count). The maximum absolute atomic E-state index is 13.1. The molecule has 22 heavy (non-hydrogen) atoms. The molecule has 1 aliphatic rings. The molecule has 0 heterocycles. The van der Waals surface area contributed by atoms with Crippen LogP contribution >= 0.6 is 15.9 Å². The van der Waals surface area contributed by atoms with Crippen molar-refractivity contribution in [1.82, 2.24) is 5.32 Å². The van der Waals surface area contributed by atoms with Crippen LogP contribution in [0.15, 0.2) is 27.6 Å². The van der Waals surface area contributed by atoms with E-state index in [1.165, 1.54) is 18.2 Å². The Morgan fingerprint density at radius 2 is 1.91 bits per heavy atom. The van der Waals surface area contributed by atoms with Crippen molar-refractivity contribution in [1.29, 1.82) is 0 Å². The number of hydrogen-bond acceptors (Lipinski definition) is 3. The van der Waals surface area contributed by atoms with E-state index in [0.29, 0.717) is 4.47 Å². The molecule has 0 radical (unpaired) electrons. The summed E-state index contributed by atoms with van der Waals surface area (Å²) in [7, 11) is -3.38. The zero-order valence-corrected chi connectivity index (χ0v) is 14.3. The molecule has 8 heteroatoms. The second kappa shape index (κ2) is 6.23. The number of benzene rings is 1. The summed E-state index contributed by atoms with van der Waals surface area (Å²) in [5.41, 5.74) is 0.289. The van der Waals surface area contributed by atoms with E-state index >= 15 is 0 Å². The van der Waals surface area contributed by atoms with Gasteiger partial charge in [-0.15, -0.1) is 0 Å². The normalized spacial score (nSPS) is 18.9. The van der Waals surface area contributed by atoms with Crippen molar-refractivity contribution in [3.05, 3.63) is 28.2 Å². The minimum Gasteiger partial charge on any atom is -0.349 e. The fraction of sp³-hybridized carbons (Fsp3) is 0.500. The van der Waals surface area contributed by atoms with Crippen molar-refractivity contribution >= 4 is 31.7 Å². The zero-order chi connectivity index (χ0) is 16.5. The van der Waals surface area contributed by atoms with Gasteiger partial charge in [-0.1, -0.05) is 0 Å². The van der Waals surface area contributed by atoms with Gasteiger partial charge in [0, 0.05) is 35.2 Å². The summed E-state index contributed by atoms with van der Waals surface area (Å²) in [4.78, 5) is 12.2. The van der Waals surface area contributed by atoms with Crippen LogP contribution in [0.5, 0.6) is 0 Å². The second-order valence-electron chi connectivity index (χ2n) is 5.52. The fourth-order valence-corrected chi connectivity index (χ4v) is 4.39. The Morgan fingerprint density at radius 3 is 2.41 bits per heavy atom. The van der Waals surface area contributed by atoms with Gasteiger partial charge in [0.05, 0.1) is 4.90 Å². The highest BCUT2D eigenvalue weighted by atomic mass is 79.9. The third kappa shape index (κ3) is 4.25. The standard InChI is InChI=1S/C14H16BrF2NO3S/c1-22(20,21)12-3-2-9(8-11(12)15)13(19)18-10-4-6-14(16,17)7-5-10/h2-3,8,10H,4-7H2,1H3,(H,18,19). The van der Waals surface area contributed by atoms with E-state index in [4.69, 9.17) is 0 Å². The summed E-state index contributed by atoms with van der Waals surface area (Å²) >= 11 is 3.13. The van der Waals surface area contributed by atoms with E-state index in [1.807, 2.05) is 0 Å². The summed E-state index contributed by atoms with van der Waals surface area (Å²) in [6.07, 6.45) is 1.10. The Morgan fingerprint density at radius 1 is 1.32 bits per heavy atom. The topological polar surface area (TPSA) is 63.2 Å². The number of carbonyl (C=O) groups excluding carboxylic acids is 1. The van der Waals surface area contributed by atoms with Crippen LogP contribution in [0.25, 0.3) is 0 Å². The lowest BCUT2D eigenvalue weighted by atomic mass is 9.92. The van der Waals surface area contributed by atoms with Gasteiger partial charge in [0.15, 0.2) is 9.84 Å². The minimum atomic E-state index is -3.38. The molecule has 1 aromatic carbocycles. The first-order chi connectivity index (χ1) is 10.1. The molecule has 1 N–H and O–H groups in total. The minimum absolute atomic E-state index is 0.0985. The molecular weight excluding hydrogens is 380 g/mol. The average Bonchev–Trinajstić information content (AvgIpc) is 2.39. The number of carbonyl (C=O) groups is 1. The summed E-state index contributed by atoms with van der Waals surface area (Å²) < 4.78 is 49.5. The molecule has 122 valence electrons. The third-order valence-electron chi connectivity index (χ3n) is 3.65. The molecule has 0 unspecified atom stereocenters. The van der Waals surface area contributed by atoms with Crippen molar-refractivity contribution in [2.24, 2.45) is 0 Å². The van der Waals surface area contributed by atoms with E-state index in [1.54, 1.807) is 0 Å². The van der Waals surface area contributed by atoms with Crippen LogP contribution in [-0.4, -0.2) is 32.5 Å². The molecule has 0 atom stereocenters. The maximum atomic E-state index is 13.1. The number of amides is 1. The second-order valence-corrected chi connectivity index (χ2v) is 8.36. The summed E-state index contributed by atoms with van der Waals surface area (Å²) in [5, 5.41) is 2.72. The van der Waals surface area contributed by atoms with Gasteiger partial charge in [-0.25, -0.2) is 17.2 Å². The first-order valence-corrected chi connectivity index (χ1v) is 9.45. The van der Waals surface area contributed by atoms with Crippen molar-refractivity contribution in [2.75, 3.05) is 6.26 Å². The van der Waals surface area contributed by atoms with Crippen LogP contribution in [0.1, 0.15) is 36.0 Å². The van der Waals surface area contributed by atoms with E-state index < -0.39 is 21.7 Å². The van der Waals surface area contributed by atoms with Gasteiger partial charge in [0.25, 0.3) is 5.91 Å². The predicted octanol–water partition coefficient (Wildman–Crippen LogP) is 3.16. The Labute approximate surface area is 136 Å². The quantitative estimate of drug-likeness (QED) is 0.854. The highest BCUT2D eigenvalue weighted by Gasteiger charge is 2.35. The molecule has 4 nitrogen and oxygen atoms in total. The van der Waals surface area contributed by atoms with Crippen molar-refractivity contribution in [3.63, 3.8) is 0 Å². The monoisotopic (exact) mass is 395 g/mol. The molecule has 0 spiro atoms. The Kier molecular flexibility index (Phi) is 4.91. The number of alkyl halides is 2. The molecule has 1 aliphatic carbocycles. The molecular formula is C14H16BrF2NO3S. The fourth-order valence-electron chi connectivity index (χ4n) is 2.40. The third-order valence-corrected chi connectivity index (χ3v) is 5.72. The van der Waals surface area contributed by atoms with Crippen molar-refractivity contribution < 1.29 is 22.0 Å². The largest absolute Gasteiger partial charge is 0.349 e. The van der Waals surface area contributed by atoms with Crippen LogP contribution in [0.4, 0.5) is 8.78 Å². The molecule has 0 saturated heterocycles. The molecule has 0 aliphatic heterocycles. The molecule has 1 amide bonds. The van der Waals surface area contributed by atoms with Gasteiger partial charge in [0.1, 0.15) is 0 Å². The molecule has 0 bridgehead atoms. The van der Waals surface area contributed by atoms with Crippen LogP contribution in [0, 0.1) is 0 Å². The van der Waals surface area contributed by atoms with Crippen LogP contribution in [0.2, 0.25) is 0 Å². The van der Waals surface area contributed by atoms with Gasteiger partial charge < -0.3 is 5.32 Å². The van der Waals surface area contributed by atoms with Crippen LogP contribution in [-0.2, 0) is 9.84 Å². The molecule has 0 aromatic heterocycles. The maximum Gasteiger partial charge on any atom is 0.251 e. The first kappa shape index (κ1) is 17.3. The lowest BCUT2D eigenvalue weighted by Crippen LogP contribution is -2.40. The van der Waals surface area contributed by atoms with Gasteiger partial charge >= 0.3 is 0 Å². The van der Waals surface area contributed by atoms with E-state index in [0.717, 1.165) is 6.26 Å². The molecule has 1 saturated carbocycles. The number of rotatable bonds is 3. The smallest absolute Gasteiger partial charge is 0.251 e. The van der Waals surface area contributed by atoms with Crippen LogP contribution in [0.3, 0.4) is 0 Å². The lowest BCUT2D eigenvalue weighted by Gasteiger charge is -2.28. The first-order valence-electron chi connectivity index (χ1n) is 6.77. The highest BCUT2D eigenvalue weighted by molar-refractivity contribution is 9.10. The van der Waals surface area contributed by atoms with E-state index in [9.17, 15) is 22.0 Å². The Hall–Kier alpha value is -1.02. The van der Waals surface area contributed by atoms with Gasteiger partial charge in [-0.05, 0) is 47.0 Å². The number of halogens is 3. The summed E-state index contributed by atoms with van der Waals surface area (Å²) in [6.45, 7) is 0. The summed E-state index contributed by atoms with van der Waals surface area (Å²) in [5.74, 6) is -3.03. The van der Waals surface area contributed by atoms with E-state index in [-0.39, 0.29) is 42.2 Å². The van der Waals surface area contributed by atoms with Crippen molar-refractivity contribution in [2.45, 2.75) is 42.5 Å². The van der Waals surface area contributed by atoms with Gasteiger partial charge in [-0.2, -0.15) is 0 Å². The number of sulfone groups is 1. The predicted molar refractivity (Wildman–Crippen MR) is 81.9 cm³/mol. The van der Waals surface area contributed by atoms with Gasteiger partial charge in [0.2, 0.25) is 5.92 Å². The zero-order valence-electron chi connectivity index (χ0n) is 11.9. The van der Waals surface area contributed by atoms with E-state index in [2.05, 4.69) is 21.2 Å². The highest BCUT2D eigenvalue weighted by Crippen LogP contribution is 2.33. The Balaban J connectivity index is 2.06. The van der Waals surface area contributed by atoms with Crippen molar-refractivity contribution in [3.8, 4) is 0 Å². The summed E-state index contributed by atoms with van der Waals surface area (Å²) in [6, 6.07) is 3.90. The molecule has 1 aromatic rings. The average molecular weight is 396 g/mol. The Bertz CT molecular complexity index is 681. The number of hydrogen-bond donors (Lipinski definition) is 1. The lowest BCUT2D eigenvalue weighted by molar-refractivity contribution is -0.0399. The van der Waals surface area contributed by atoms with Crippen LogP contribution < -0.4 is 5.32 Å². The number of nitrogens with one attached hydrogen (secondary N) is 1.